The average Bonchev–Trinajstić information content (AvgIpc) is 2.84. The minimum atomic E-state index is -1.28. The number of carboxylic acid groups (broad SMARTS) is 1. The summed E-state index contributed by atoms with van der Waals surface area (Å²) in [6.07, 6.45) is 0.575. The van der Waals surface area contributed by atoms with Crippen molar-refractivity contribution in [2.45, 2.75) is 77.5 Å². The molecule has 4 amide bonds. The first-order valence-corrected chi connectivity index (χ1v) is 12.3. The Morgan fingerprint density at radius 1 is 0.838 bits per heavy atom. The van der Waals surface area contributed by atoms with E-state index in [2.05, 4.69) is 16.0 Å². The third-order valence-electron chi connectivity index (χ3n) is 6.34. The van der Waals surface area contributed by atoms with Gasteiger partial charge < -0.3 is 37.6 Å². The van der Waals surface area contributed by atoms with Gasteiger partial charge >= 0.3 is 5.97 Å². The average molecular weight is 522 g/mol. The molecule has 0 spiro atoms. The second-order valence-corrected chi connectivity index (χ2v) is 9.29. The molecule has 1 aromatic carbocycles. The summed E-state index contributed by atoms with van der Waals surface area (Å²) in [5, 5.41) is 26.8. The summed E-state index contributed by atoms with van der Waals surface area (Å²) in [6.45, 7) is 7.06. The van der Waals surface area contributed by atoms with E-state index in [9.17, 15) is 34.2 Å². The second-order valence-electron chi connectivity index (χ2n) is 9.29. The van der Waals surface area contributed by atoms with Crippen LogP contribution in [-0.2, 0) is 30.4 Å². The molecule has 0 aliphatic carbocycles. The van der Waals surface area contributed by atoms with Crippen LogP contribution in [0.4, 0.5) is 0 Å². The number of amides is 4. The predicted molar refractivity (Wildman–Crippen MR) is 136 cm³/mol. The van der Waals surface area contributed by atoms with Gasteiger partial charge in [0, 0.05) is 6.42 Å². The van der Waals surface area contributed by atoms with Gasteiger partial charge in [-0.05, 0) is 29.5 Å². The van der Waals surface area contributed by atoms with E-state index in [0.29, 0.717) is 18.4 Å². The Morgan fingerprint density at radius 3 is 1.84 bits per heavy atom. The number of nitrogens with one attached hydrogen (secondary N) is 3. The lowest BCUT2D eigenvalue weighted by molar-refractivity contribution is -0.144. The van der Waals surface area contributed by atoms with E-state index in [-0.39, 0.29) is 24.0 Å². The van der Waals surface area contributed by atoms with Gasteiger partial charge in [-0.1, -0.05) is 52.7 Å². The molecule has 0 aliphatic rings. The first kappa shape index (κ1) is 31.4. The number of carboxylic acids is 1. The predicted octanol–water partition coefficient (Wildman–Crippen LogP) is -0.231. The van der Waals surface area contributed by atoms with Crippen LogP contribution >= 0.6 is 0 Å². The van der Waals surface area contributed by atoms with Crippen molar-refractivity contribution in [3.8, 4) is 5.75 Å². The zero-order valence-electron chi connectivity index (χ0n) is 21.7. The summed E-state index contributed by atoms with van der Waals surface area (Å²) in [7, 11) is 0. The third kappa shape index (κ3) is 10.1. The maximum Gasteiger partial charge on any atom is 0.326 e. The van der Waals surface area contributed by atoms with Gasteiger partial charge in [0.05, 0.1) is 12.5 Å². The largest absolute Gasteiger partial charge is 0.508 e. The number of primary amides is 1. The van der Waals surface area contributed by atoms with Crippen molar-refractivity contribution < 1.29 is 34.2 Å². The van der Waals surface area contributed by atoms with Crippen molar-refractivity contribution in [2.24, 2.45) is 23.3 Å². The highest BCUT2D eigenvalue weighted by molar-refractivity contribution is 5.95. The number of phenols is 1. The SMILES string of the molecule is CCC(C)C(NC(=O)C(NC(=O)C(Cc1ccc(O)cc1)NC(=O)C(N)CC(N)=O)C(C)CC)C(=O)O. The zero-order chi connectivity index (χ0) is 28.3. The Balaban J connectivity index is 3.19. The number of hydrogen-bond donors (Lipinski definition) is 7. The molecule has 9 N–H and O–H groups in total. The minimum absolute atomic E-state index is 0.0133. The minimum Gasteiger partial charge on any atom is -0.508 e. The molecule has 0 radical (unpaired) electrons. The molecule has 0 bridgehead atoms. The van der Waals surface area contributed by atoms with Crippen LogP contribution in [-0.4, -0.2) is 64.0 Å². The summed E-state index contributed by atoms with van der Waals surface area (Å²) in [4.78, 5) is 61.9. The topological polar surface area (TPSA) is 214 Å². The van der Waals surface area contributed by atoms with E-state index in [1.54, 1.807) is 32.9 Å². The molecule has 12 nitrogen and oxygen atoms in total. The Kier molecular flexibility index (Phi) is 12.5. The van der Waals surface area contributed by atoms with Crippen molar-refractivity contribution >= 4 is 29.6 Å². The number of rotatable bonds is 15. The second kappa shape index (κ2) is 14.8. The highest BCUT2D eigenvalue weighted by atomic mass is 16.4. The fourth-order valence-corrected chi connectivity index (χ4v) is 3.55. The Hall–Kier alpha value is -3.67. The maximum absolute atomic E-state index is 13.3. The number of carbonyl (C=O) groups is 5. The molecule has 0 aromatic heterocycles. The first-order valence-electron chi connectivity index (χ1n) is 12.3. The summed E-state index contributed by atoms with van der Waals surface area (Å²) in [5.41, 5.74) is 11.4. The highest BCUT2D eigenvalue weighted by Crippen LogP contribution is 2.14. The monoisotopic (exact) mass is 521 g/mol. The van der Waals surface area contributed by atoms with Crippen LogP contribution in [0.15, 0.2) is 24.3 Å². The van der Waals surface area contributed by atoms with Gasteiger partial charge in [0.1, 0.15) is 23.9 Å². The van der Waals surface area contributed by atoms with Crippen molar-refractivity contribution in [1.29, 1.82) is 0 Å². The van der Waals surface area contributed by atoms with Crippen LogP contribution < -0.4 is 27.4 Å². The van der Waals surface area contributed by atoms with E-state index in [0.717, 1.165) is 0 Å². The fraction of sp³-hybridized carbons (Fsp3) is 0.560. The molecular formula is C25H39N5O7. The van der Waals surface area contributed by atoms with Gasteiger partial charge in [0.25, 0.3) is 0 Å². The summed E-state index contributed by atoms with van der Waals surface area (Å²) in [6, 6.07) is 1.26. The van der Waals surface area contributed by atoms with Crippen molar-refractivity contribution in [2.75, 3.05) is 0 Å². The lowest BCUT2D eigenvalue weighted by Gasteiger charge is -2.29. The standard InChI is InChI=1S/C25H39N5O7/c1-5-13(3)20(24(35)30-21(25(36)37)14(4)6-2)29-23(34)18(11-15-7-9-16(31)10-8-15)28-22(33)17(26)12-19(27)32/h7-10,13-14,17-18,20-21,31H,5-6,11-12,26H2,1-4H3,(H2,27,32)(H,28,33)(H,29,34)(H,30,35)(H,36,37). The quantitative estimate of drug-likeness (QED) is 0.163. The number of benzene rings is 1. The molecule has 1 rings (SSSR count). The first-order chi connectivity index (χ1) is 17.3. The van der Waals surface area contributed by atoms with E-state index in [1.807, 2.05) is 6.92 Å². The van der Waals surface area contributed by atoms with E-state index < -0.39 is 60.2 Å². The van der Waals surface area contributed by atoms with Crippen LogP contribution in [0.1, 0.15) is 52.5 Å². The molecule has 12 heteroatoms. The third-order valence-corrected chi connectivity index (χ3v) is 6.34. The van der Waals surface area contributed by atoms with Crippen LogP contribution in [0.25, 0.3) is 0 Å². The molecule has 0 heterocycles. The zero-order valence-corrected chi connectivity index (χ0v) is 21.7. The molecule has 0 aliphatic heterocycles. The number of phenolic OH excluding ortho intramolecular Hbond substituents is 1. The molecule has 6 unspecified atom stereocenters. The van der Waals surface area contributed by atoms with Crippen molar-refractivity contribution in [3.05, 3.63) is 29.8 Å². The van der Waals surface area contributed by atoms with E-state index >= 15 is 0 Å². The molecule has 6 atom stereocenters. The number of nitrogens with two attached hydrogens (primary N) is 2. The molecule has 0 saturated carbocycles. The van der Waals surface area contributed by atoms with Crippen LogP contribution in [0.2, 0.25) is 0 Å². The normalized spacial score (nSPS) is 15.8. The number of aromatic hydroxyl groups is 1. The molecular weight excluding hydrogens is 482 g/mol. The number of hydrogen-bond acceptors (Lipinski definition) is 7. The summed E-state index contributed by atoms with van der Waals surface area (Å²) in [5.74, 6) is -4.81. The number of aliphatic carboxylic acids is 1. The molecule has 1 aromatic rings. The lowest BCUT2D eigenvalue weighted by atomic mass is 9.94. The Bertz CT molecular complexity index is 953. The summed E-state index contributed by atoms with van der Waals surface area (Å²) >= 11 is 0. The Labute approximate surface area is 216 Å². The van der Waals surface area contributed by atoms with E-state index in [4.69, 9.17) is 11.5 Å². The van der Waals surface area contributed by atoms with Crippen molar-refractivity contribution in [1.82, 2.24) is 16.0 Å². The van der Waals surface area contributed by atoms with Crippen LogP contribution in [0.5, 0.6) is 5.75 Å². The van der Waals surface area contributed by atoms with Gasteiger partial charge in [-0.25, -0.2) is 4.79 Å². The van der Waals surface area contributed by atoms with Gasteiger partial charge in [-0.2, -0.15) is 0 Å². The molecule has 37 heavy (non-hydrogen) atoms. The lowest BCUT2D eigenvalue weighted by Crippen LogP contribution is -2.59. The van der Waals surface area contributed by atoms with Gasteiger partial charge in [0.2, 0.25) is 23.6 Å². The van der Waals surface area contributed by atoms with Gasteiger partial charge in [-0.3, -0.25) is 19.2 Å². The van der Waals surface area contributed by atoms with Crippen LogP contribution in [0, 0.1) is 11.8 Å². The fourth-order valence-electron chi connectivity index (χ4n) is 3.55. The molecule has 0 saturated heterocycles. The highest BCUT2D eigenvalue weighted by Gasteiger charge is 2.34. The van der Waals surface area contributed by atoms with Crippen LogP contribution in [0.3, 0.4) is 0 Å². The van der Waals surface area contributed by atoms with E-state index in [1.165, 1.54) is 12.1 Å². The number of carbonyl (C=O) groups excluding carboxylic acids is 4. The smallest absolute Gasteiger partial charge is 0.326 e. The van der Waals surface area contributed by atoms with Gasteiger partial charge in [-0.15, -0.1) is 0 Å². The molecule has 206 valence electrons. The summed E-state index contributed by atoms with van der Waals surface area (Å²) < 4.78 is 0. The Morgan fingerprint density at radius 2 is 1.35 bits per heavy atom. The molecule has 0 fully saturated rings. The van der Waals surface area contributed by atoms with Gasteiger partial charge in [0.15, 0.2) is 0 Å². The maximum atomic E-state index is 13.3. The van der Waals surface area contributed by atoms with Crippen molar-refractivity contribution in [3.63, 3.8) is 0 Å².